The van der Waals surface area contributed by atoms with E-state index in [9.17, 15) is 0 Å². The van der Waals surface area contributed by atoms with Crippen molar-refractivity contribution < 1.29 is 4.74 Å². The molecule has 0 aliphatic heterocycles. The molecular formula is C23H29N7O. The lowest BCUT2D eigenvalue weighted by Gasteiger charge is -2.28. The van der Waals surface area contributed by atoms with Crippen molar-refractivity contribution in [3.8, 4) is 11.1 Å². The number of methoxy groups -OCH3 is 1. The van der Waals surface area contributed by atoms with Gasteiger partial charge in [0, 0.05) is 42.7 Å². The van der Waals surface area contributed by atoms with Gasteiger partial charge in [-0.25, -0.2) is 19.5 Å². The molecule has 1 saturated carbocycles. The van der Waals surface area contributed by atoms with Crippen LogP contribution in [0.2, 0.25) is 0 Å². The van der Waals surface area contributed by atoms with Gasteiger partial charge in [-0.3, -0.25) is 0 Å². The van der Waals surface area contributed by atoms with E-state index in [4.69, 9.17) is 9.84 Å². The minimum Gasteiger partial charge on any atom is -0.381 e. The lowest BCUT2D eigenvalue weighted by molar-refractivity contribution is 0.0681. The Bertz CT molecular complexity index is 1220. The third-order valence-electron chi connectivity index (χ3n) is 6.31. The van der Waals surface area contributed by atoms with Gasteiger partial charge in [0.15, 0.2) is 5.65 Å². The maximum atomic E-state index is 5.47. The molecule has 5 rings (SSSR count). The molecular weight excluding hydrogens is 390 g/mol. The van der Waals surface area contributed by atoms with E-state index in [1.54, 1.807) is 7.11 Å². The number of nitrogens with one attached hydrogen (secondary N) is 1. The lowest BCUT2D eigenvalue weighted by atomic mass is 9.93. The molecule has 0 amide bonds. The largest absolute Gasteiger partial charge is 0.381 e. The zero-order valence-corrected chi connectivity index (χ0v) is 18.5. The first-order valence-corrected chi connectivity index (χ1v) is 11.0. The Morgan fingerprint density at radius 1 is 1.10 bits per heavy atom. The molecule has 0 atom stereocenters. The Morgan fingerprint density at radius 2 is 1.90 bits per heavy atom. The summed E-state index contributed by atoms with van der Waals surface area (Å²) >= 11 is 0. The summed E-state index contributed by atoms with van der Waals surface area (Å²) in [6.45, 7) is 6.36. The third-order valence-corrected chi connectivity index (χ3v) is 6.31. The van der Waals surface area contributed by atoms with Gasteiger partial charge < -0.3 is 14.6 Å². The number of ether oxygens (including phenoxy) is 1. The molecule has 1 aliphatic rings. The Balaban J connectivity index is 1.43. The number of anilines is 1. The number of aryl methyl sites for hydroxylation is 1. The molecule has 0 saturated heterocycles. The number of nitrogens with zero attached hydrogens (tertiary/aromatic N) is 6. The van der Waals surface area contributed by atoms with Gasteiger partial charge in [-0.05, 0) is 58.6 Å². The van der Waals surface area contributed by atoms with E-state index in [2.05, 4.69) is 50.8 Å². The van der Waals surface area contributed by atoms with Crippen LogP contribution in [0.3, 0.4) is 0 Å². The van der Waals surface area contributed by atoms with Crippen LogP contribution in [-0.4, -0.2) is 48.4 Å². The number of imidazole rings is 1. The maximum absolute atomic E-state index is 5.47. The molecule has 162 valence electrons. The van der Waals surface area contributed by atoms with Gasteiger partial charge >= 0.3 is 0 Å². The first-order chi connectivity index (χ1) is 15.0. The molecule has 1 N–H and O–H groups in total. The molecule has 0 radical (unpaired) electrons. The second kappa shape index (κ2) is 7.92. The van der Waals surface area contributed by atoms with E-state index in [1.165, 1.54) is 0 Å². The molecule has 31 heavy (non-hydrogen) atoms. The fourth-order valence-corrected chi connectivity index (χ4v) is 4.73. The van der Waals surface area contributed by atoms with Crippen LogP contribution in [0.25, 0.3) is 27.8 Å². The van der Waals surface area contributed by atoms with Crippen LogP contribution in [0.15, 0.2) is 30.7 Å². The van der Waals surface area contributed by atoms with Crippen molar-refractivity contribution in [2.75, 3.05) is 12.4 Å². The van der Waals surface area contributed by atoms with Crippen molar-refractivity contribution in [2.24, 2.45) is 0 Å². The van der Waals surface area contributed by atoms with Gasteiger partial charge in [0.1, 0.15) is 5.82 Å². The minimum atomic E-state index is 0.323. The molecule has 1 fully saturated rings. The fraction of sp³-hybridized carbons (Fsp3) is 0.478. The Morgan fingerprint density at radius 3 is 2.65 bits per heavy atom. The smallest absolute Gasteiger partial charge is 0.241 e. The van der Waals surface area contributed by atoms with E-state index < -0.39 is 0 Å². The highest BCUT2D eigenvalue weighted by Gasteiger charge is 2.21. The molecule has 4 heterocycles. The van der Waals surface area contributed by atoms with Crippen LogP contribution in [-0.2, 0) is 4.74 Å². The molecule has 0 aromatic carbocycles. The number of fused-ring (bicyclic) bond motifs is 2. The van der Waals surface area contributed by atoms with Gasteiger partial charge in [-0.1, -0.05) is 0 Å². The maximum Gasteiger partial charge on any atom is 0.241 e. The van der Waals surface area contributed by atoms with Gasteiger partial charge in [0.05, 0.1) is 23.3 Å². The molecule has 0 spiro atoms. The predicted molar refractivity (Wildman–Crippen MR) is 121 cm³/mol. The van der Waals surface area contributed by atoms with Gasteiger partial charge in [-0.15, -0.1) is 5.10 Å². The average molecular weight is 420 g/mol. The summed E-state index contributed by atoms with van der Waals surface area (Å²) in [5.41, 5.74) is 4.90. The highest BCUT2D eigenvalue weighted by Crippen LogP contribution is 2.29. The van der Waals surface area contributed by atoms with E-state index in [-0.39, 0.29) is 0 Å². The third kappa shape index (κ3) is 3.65. The van der Waals surface area contributed by atoms with E-state index in [0.717, 1.165) is 59.3 Å². The lowest BCUT2D eigenvalue weighted by Crippen LogP contribution is -2.30. The number of hydrogen-bond acceptors (Lipinski definition) is 6. The van der Waals surface area contributed by atoms with Crippen LogP contribution in [0.4, 0.5) is 5.95 Å². The minimum absolute atomic E-state index is 0.323. The summed E-state index contributed by atoms with van der Waals surface area (Å²) in [4.78, 5) is 13.8. The monoisotopic (exact) mass is 419 g/mol. The average Bonchev–Trinajstić information content (AvgIpc) is 3.33. The standard InChI is InChI=1S/C23H29N7O/c1-14(2)30-15(3)26-22-20(30)11-16(12-24-22)19-9-10-29-21(19)13-25-23(28-29)27-17-5-7-18(31-4)8-6-17/h9-14,17-18H,5-8H2,1-4H3,(H,27,28)/t17-,18-. The SMILES string of the molecule is CO[C@H]1CC[C@H](Nc2ncc3c(-c4cnc5nc(C)n(C(C)C)c5c4)ccn3n2)CC1. The number of rotatable bonds is 5. The molecule has 8 nitrogen and oxygen atoms in total. The van der Waals surface area contributed by atoms with Crippen molar-refractivity contribution in [1.82, 2.24) is 29.1 Å². The molecule has 1 aliphatic carbocycles. The van der Waals surface area contributed by atoms with Crippen LogP contribution in [0, 0.1) is 6.92 Å². The van der Waals surface area contributed by atoms with Crippen LogP contribution >= 0.6 is 0 Å². The molecule has 0 bridgehead atoms. The van der Waals surface area contributed by atoms with E-state index in [0.29, 0.717) is 24.1 Å². The quantitative estimate of drug-likeness (QED) is 0.516. The molecule has 0 unspecified atom stereocenters. The second-order valence-corrected chi connectivity index (χ2v) is 8.68. The fourth-order valence-electron chi connectivity index (χ4n) is 4.73. The van der Waals surface area contributed by atoms with Crippen molar-refractivity contribution in [1.29, 1.82) is 0 Å². The number of aromatic nitrogens is 6. The van der Waals surface area contributed by atoms with Crippen LogP contribution < -0.4 is 5.32 Å². The highest BCUT2D eigenvalue weighted by molar-refractivity contribution is 5.85. The van der Waals surface area contributed by atoms with Crippen molar-refractivity contribution in [3.63, 3.8) is 0 Å². The normalized spacial score (nSPS) is 19.5. The van der Waals surface area contributed by atoms with Gasteiger partial charge in [0.25, 0.3) is 0 Å². The summed E-state index contributed by atoms with van der Waals surface area (Å²) in [5.74, 6) is 1.65. The van der Waals surface area contributed by atoms with Crippen LogP contribution in [0.1, 0.15) is 51.4 Å². The summed E-state index contributed by atoms with van der Waals surface area (Å²) in [5, 5.41) is 8.18. The summed E-state index contributed by atoms with van der Waals surface area (Å²) < 4.78 is 9.58. The first kappa shape index (κ1) is 19.9. The summed E-state index contributed by atoms with van der Waals surface area (Å²) in [7, 11) is 1.80. The summed E-state index contributed by atoms with van der Waals surface area (Å²) in [6.07, 6.45) is 10.4. The van der Waals surface area contributed by atoms with E-state index >= 15 is 0 Å². The van der Waals surface area contributed by atoms with Crippen molar-refractivity contribution >= 4 is 22.6 Å². The predicted octanol–water partition coefficient (Wildman–Crippen LogP) is 4.40. The van der Waals surface area contributed by atoms with Crippen molar-refractivity contribution in [3.05, 3.63) is 36.5 Å². The van der Waals surface area contributed by atoms with Gasteiger partial charge in [0.2, 0.25) is 5.95 Å². The van der Waals surface area contributed by atoms with Crippen LogP contribution in [0.5, 0.6) is 0 Å². The summed E-state index contributed by atoms with van der Waals surface area (Å²) in [6, 6.07) is 4.95. The molecule has 4 aromatic heterocycles. The highest BCUT2D eigenvalue weighted by atomic mass is 16.5. The number of pyridine rings is 1. The first-order valence-electron chi connectivity index (χ1n) is 11.0. The zero-order valence-electron chi connectivity index (χ0n) is 18.5. The molecule has 4 aromatic rings. The Labute approximate surface area is 181 Å². The topological polar surface area (TPSA) is 82.2 Å². The number of hydrogen-bond donors (Lipinski definition) is 1. The molecule has 8 heteroatoms. The second-order valence-electron chi connectivity index (χ2n) is 8.68. The van der Waals surface area contributed by atoms with E-state index in [1.807, 2.05) is 30.0 Å². The van der Waals surface area contributed by atoms with Gasteiger partial charge in [-0.2, -0.15) is 0 Å². The Hall–Kier alpha value is -3.00. The zero-order chi connectivity index (χ0) is 21.5. The Kier molecular flexibility index (Phi) is 5.09. The van der Waals surface area contributed by atoms with Crippen molar-refractivity contribution in [2.45, 2.75) is 64.6 Å².